The zero-order valence-corrected chi connectivity index (χ0v) is 13.0. The third-order valence-corrected chi connectivity index (χ3v) is 3.68. The molecule has 1 aromatic heterocycles. The van der Waals surface area contributed by atoms with E-state index in [9.17, 15) is 4.79 Å². The Bertz CT molecular complexity index is 676. The molecule has 2 rings (SSSR count). The fourth-order valence-corrected chi connectivity index (χ4v) is 2.35. The van der Waals surface area contributed by atoms with Gasteiger partial charge in [0.05, 0.1) is 11.2 Å². The maximum atomic E-state index is 12.3. The van der Waals surface area contributed by atoms with Crippen LogP contribution in [0.1, 0.15) is 16.1 Å². The third-order valence-electron chi connectivity index (χ3n) is 2.54. The number of aryl methyl sites for hydroxylation is 1. The van der Waals surface area contributed by atoms with Crippen molar-refractivity contribution in [1.29, 1.82) is 0 Å². The fraction of sp³-hybridized carbons (Fsp3) is 0.133. The van der Waals surface area contributed by atoms with E-state index in [0.29, 0.717) is 16.6 Å². The quantitative estimate of drug-likeness (QED) is 0.515. The second kappa shape index (κ2) is 7.24. The van der Waals surface area contributed by atoms with Gasteiger partial charge < -0.3 is 5.32 Å². The molecule has 0 aliphatic heterocycles. The van der Waals surface area contributed by atoms with E-state index in [4.69, 9.17) is 11.6 Å². The number of benzene rings is 1. The van der Waals surface area contributed by atoms with E-state index in [1.54, 1.807) is 6.08 Å². The molecule has 2 aromatic rings. The first-order valence-corrected chi connectivity index (χ1v) is 7.61. The van der Waals surface area contributed by atoms with E-state index in [-0.39, 0.29) is 16.6 Å². The Morgan fingerprint density at radius 3 is 3.05 bits per heavy atom. The molecule has 1 aromatic carbocycles. The van der Waals surface area contributed by atoms with Gasteiger partial charge in [0.15, 0.2) is 10.9 Å². The number of carbonyl (C=O) groups is 1. The number of hydrogen-bond donors (Lipinski definition) is 1. The average molecular weight is 320 g/mol. The van der Waals surface area contributed by atoms with E-state index >= 15 is 0 Å². The number of amides is 1. The molecule has 0 saturated carbocycles. The number of thioether (sulfide) groups is 1. The van der Waals surface area contributed by atoms with Crippen LogP contribution in [0.25, 0.3) is 0 Å². The van der Waals surface area contributed by atoms with Crippen LogP contribution in [0, 0.1) is 6.92 Å². The lowest BCUT2D eigenvalue weighted by atomic mass is 10.2. The summed E-state index contributed by atoms with van der Waals surface area (Å²) in [7, 11) is 0. The van der Waals surface area contributed by atoms with Crippen molar-refractivity contribution in [2.75, 3.05) is 11.1 Å². The fourth-order valence-electron chi connectivity index (χ4n) is 1.63. The topological polar surface area (TPSA) is 54.9 Å². The maximum absolute atomic E-state index is 12.3. The Hall–Kier alpha value is -1.85. The van der Waals surface area contributed by atoms with Crippen LogP contribution in [0.2, 0.25) is 5.02 Å². The van der Waals surface area contributed by atoms with Gasteiger partial charge in [-0.15, -0.1) is 6.58 Å². The normalized spacial score (nSPS) is 10.2. The summed E-state index contributed by atoms with van der Waals surface area (Å²) < 4.78 is 0. The number of nitrogens with zero attached hydrogens (tertiary/aromatic N) is 2. The molecule has 4 nitrogen and oxygen atoms in total. The first kappa shape index (κ1) is 15.5. The van der Waals surface area contributed by atoms with E-state index in [1.165, 1.54) is 18.0 Å². The first-order chi connectivity index (χ1) is 10.1. The van der Waals surface area contributed by atoms with Crippen LogP contribution in [0.15, 0.2) is 48.3 Å². The Labute approximate surface area is 132 Å². The summed E-state index contributed by atoms with van der Waals surface area (Å²) in [5, 5.41) is 3.50. The van der Waals surface area contributed by atoms with Gasteiger partial charge in [0.25, 0.3) is 5.91 Å². The van der Waals surface area contributed by atoms with E-state index in [2.05, 4.69) is 21.9 Å². The lowest BCUT2D eigenvalue weighted by molar-refractivity contribution is 0.102. The van der Waals surface area contributed by atoms with Crippen molar-refractivity contribution in [2.24, 2.45) is 0 Å². The van der Waals surface area contributed by atoms with Crippen molar-refractivity contribution in [3.05, 3.63) is 59.4 Å². The van der Waals surface area contributed by atoms with Crippen LogP contribution in [-0.2, 0) is 0 Å². The highest BCUT2D eigenvalue weighted by Crippen LogP contribution is 2.20. The number of rotatable bonds is 5. The minimum atomic E-state index is -0.353. The summed E-state index contributed by atoms with van der Waals surface area (Å²) in [6, 6.07) is 7.52. The summed E-state index contributed by atoms with van der Waals surface area (Å²) in [6.07, 6.45) is 3.18. The number of anilines is 1. The molecule has 0 radical (unpaired) electrons. The number of halogens is 1. The average Bonchev–Trinajstić information content (AvgIpc) is 2.46. The van der Waals surface area contributed by atoms with E-state index < -0.39 is 0 Å². The van der Waals surface area contributed by atoms with Crippen LogP contribution >= 0.6 is 23.4 Å². The van der Waals surface area contributed by atoms with E-state index in [1.807, 2.05) is 31.2 Å². The van der Waals surface area contributed by atoms with Crippen molar-refractivity contribution in [3.8, 4) is 0 Å². The number of aromatic nitrogens is 2. The van der Waals surface area contributed by atoms with Crippen LogP contribution in [-0.4, -0.2) is 21.6 Å². The molecule has 6 heteroatoms. The van der Waals surface area contributed by atoms with Gasteiger partial charge in [-0.3, -0.25) is 4.79 Å². The van der Waals surface area contributed by atoms with Crippen molar-refractivity contribution in [3.63, 3.8) is 0 Å². The zero-order valence-electron chi connectivity index (χ0n) is 11.5. The molecule has 21 heavy (non-hydrogen) atoms. The van der Waals surface area contributed by atoms with Gasteiger partial charge in [0, 0.05) is 11.4 Å². The van der Waals surface area contributed by atoms with Gasteiger partial charge in [0.1, 0.15) is 0 Å². The number of hydrogen-bond acceptors (Lipinski definition) is 4. The van der Waals surface area contributed by atoms with Crippen molar-refractivity contribution in [1.82, 2.24) is 9.97 Å². The Kier molecular flexibility index (Phi) is 5.36. The molecule has 1 heterocycles. The summed E-state index contributed by atoms with van der Waals surface area (Å²) in [4.78, 5) is 20.5. The lowest BCUT2D eigenvalue weighted by Crippen LogP contribution is -2.15. The predicted molar refractivity (Wildman–Crippen MR) is 87.1 cm³/mol. The molecule has 0 atom stereocenters. The van der Waals surface area contributed by atoms with Gasteiger partial charge in [-0.1, -0.05) is 41.6 Å². The van der Waals surface area contributed by atoms with Crippen LogP contribution in [0.5, 0.6) is 0 Å². The summed E-state index contributed by atoms with van der Waals surface area (Å²) in [6.45, 7) is 5.59. The van der Waals surface area contributed by atoms with Crippen molar-refractivity contribution in [2.45, 2.75) is 12.1 Å². The minimum absolute atomic E-state index is 0.166. The molecular weight excluding hydrogens is 306 g/mol. The Morgan fingerprint density at radius 1 is 1.52 bits per heavy atom. The highest BCUT2D eigenvalue weighted by atomic mass is 35.5. The number of carbonyl (C=O) groups excluding carboxylic acids is 1. The molecule has 108 valence electrons. The minimum Gasteiger partial charge on any atom is -0.321 e. The van der Waals surface area contributed by atoms with Crippen LogP contribution in [0.3, 0.4) is 0 Å². The van der Waals surface area contributed by atoms with Gasteiger partial charge in [0.2, 0.25) is 0 Å². The molecule has 0 aliphatic carbocycles. The van der Waals surface area contributed by atoms with Gasteiger partial charge >= 0.3 is 0 Å². The third kappa shape index (κ3) is 4.31. The maximum Gasteiger partial charge on any atom is 0.275 e. The molecular formula is C15H14ClN3OS. The highest BCUT2D eigenvalue weighted by molar-refractivity contribution is 7.99. The van der Waals surface area contributed by atoms with Crippen molar-refractivity contribution >= 4 is 35.0 Å². The predicted octanol–water partition coefficient (Wildman–Crippen LogP) is 3.97. The SMILES string of the molecule is C=CCSc1ncc(Cl)c(C(=O)Nc2cccc(C)c2)n1. The second-order valence-corrected chi connectivity index (χ2v) is 5.67. The van der Waals surface area contributed by atoms with Crippen LogP contribution in [0.4, 0.5) is 5.69 Å². The first-order valence-electron chi connectivity index (χ1n) is 6.24. The van der Waals surface area contributed by atoms with Gasteiger partial charge in [-0.25, -0.2) is 9.97 Å². The van der Waals surface area contributed by atoms with Gasteiger partial charge in [-0.05, 0) is 24.6 Å². The molecule has 0 saturated heterocycles. The Balaban J connectivity index is 2.19. The summed E-state index contributed by atoms with van der Waals surface area (Å²) >= 11 is 7.40. The Morgan fingerprint density at radius 2 is 2.33 bits per heavy atom. The molecule has 1 amide bonds. The second-order valence-electron chi connectivity index (χ2n) is 4.27. The van der Waals surface area contributed by atoms with Gasteiger partial charge in [-0.2, -0.15) is 0 Å². The molecule has 0 bridgehead atoms. The number of nitrogens with one attached hydrogen (secondary N) is 1. The lowest BCUT2D eigenvalue weighted by Gasteiger charge is -2.07. The molecule has 0 unspecified atom stereocenters. The largest absolute Gasteiger partial charge is 0.321 e. The smallest absolute Gasteiger partial charge is 0.275 e. The summed E-state index contributed by atoms with van der Waals surface area (Å²) in [5.74, 6) is 0.314. The highest BCUT2D eigenvalue weighted by Gasteiger charge is 2.14. The molecule has 1 N–H and O–H groups in total. The van der Waals surface area contributed by atoms with E-state index in [0.717, 1.165) is 5.56 Å². The standard InChI is InChI=1S/C15H14ClN3OS/c1-3-7-21-15-17-9-12(16)13(19-15)14(20)18-11-6-4-5-10(2)8-11/h3-6,8-9H,1,7H2,2H3,(H,18,20). The monoisotopic (exact) mass is 319 g/mol. The molecule has 0 spiro atoms. The molecule has 0 aliphatic rings. The van der Waals surface area contributed by atoms with Crippen LogP contribution < -0.4 is 5.32 Å². The summed E-state index contributed by atoms with van der Waals surface area (Å²) in [5.41, 5.74) is 1.93. The zero-order chi connectivity index (χ0) is 15.2. The molecule has 0 fully saturated rings. The van der Waals surface area contributed by atoms with Crippen molar-refractivity contribution < 1.29 is 4.79 Å².